The maximum atomic E-state index is 14.7. The van der Waals surface area contributed by atoms with Crippen LogP contribution in [0.1, 0.15) is 27.3 Å². The van der Waals surface area contributed by atoms with E-state index in [1.807, 2.05) is 22.7 Å². The zero-order chi connectivity index (χ0) is 24.1. The van der Waals surface area contributed by atoms with Crippen molar-refractivity contribution < 1.29 is 18.7 Å². The van der Waals surface area contributed by atoms with Gasteiger partial charge in [-0.15, -0.1) is 10.2 Å². The number of carbonyl (C=O) groups excluding carboxylic acids is 1. The Morgan fingerprint density at radius 2 is 1.91 bits per heavy atom. The Bertz CT molecular complexity index is 1310. The maximum Gasteiger partial charge on any atom is 0.251 e. The second kappa shape index (κ2) is 10.2. The number of aryl methyl sites for hydroxylation is 2. The van der Waals surface area contributed by atoms with Gasteiger partial charge in [0, 0.05) is 38.3 Å². The molecule has 0 atom stereocenters. The first-order chi connectivity index (χ1) is 16.5. The number of aromatic nitrogens is 5. The average molecular weight is 465 g/mol. The number of hydrogen-bond donors (Lipinski definition) is 2. The Morgan fingerprint density at radius 3 is 2.62 bits per heavy atom. The van der Waals surface area contributed by atoms with Crippen molar-refractivity contribution in [3.63, 3.8) is 0 Å². The van der Waals surface area contributed by atoms with E-state index in [1.165, 1.54) is 26.3 Å². The molecule has 0 aliphatic heterocycles. The highest BCUT2D eigenvalue weighted by atomic mass is 19.1. The van der Waals surface area contributed by atoms with Gasteiger partial charge in [0.05, 0.1) is 12.8 Å². The number of hydrogen-bond acceptors (Lipinski definition) is 8. The van der Waals surface area contributed by atoms with Crippen LogP contribution in [0, 0.1) is 5.82 Å². The molecular formula is C23H24FN7O3. The zero-order valence-electron chi connectivity index (χ0n) is 19.0. The Hall–Kier alpha value is -4.12. The molecule has 4 aromatic rings. The minimum atomic E-state index is -0.480. The molecule has 1 amide bonds. The first kappa shape index (κ1) is 23.1. The summed E-state index contributed by atoms with van der Waals surface area (Å²) in [6.45, 7) is 0.342. The number of fused-ring (bicyclic) bond motifs is 1. The lowest BCUT2D eigenvalue weighted by Crippen LogP contribution is -2.18. The van der Waals surface area contributed by atoms with Crippen LogP contribution in [-0.2, 0) is 24.2 Å². The molecule has 0 unspecified atom stereocenters. The summed E-state index contributed by atoms with van der Waals surface area (Å²) in [4.78, 5) is 20.7. The molecule has 2 N–H and O–H groups in total. The summed E-state index contributed by atoms with van der Waals surface area (Å²) in [5.41, 5.74) is 3.02. The van der Waals surface area contributed by atoms with Crippen LogP contribution in [0.5, 0.6) is 5.75 Å². The number of halogens is 1. The van der Waals surface area contributed by atoms with E-state index in [-0.39, 0.29) is 11.7 Å². The zero-order valence-corrected chi connectivity index (χ0v) is 19.0. The van der Waals surface area contributed by atoms with E-state index in [9.17, 15) is 9.18 Å². The number of pyridine rings is 1. The van der Waals surface area contributed by atoms with E-state index in [4.69, 9.17) is 9.47 Å². The van der Waals surface area contributed by atoms with Crippen LogP contribution < -0.4 is 15.4 Å². The number of methoxy groups -OCH3 is 2. The molecule has 3 heterocycles. The molecule has 0 bridgehead atoms. The topological polar surface area (TPSA) is 116 Å². The fourth-order valence-electron chi connectivity index (χ4n) is 3.46. The molecule has 0 saturated heterocycles. The third-order valence-corrected chi connectivity index (χ3v) is 5.21. The first-order valence-electron chi connectivity index (χ1n) is 10.5. The predicted molar refractivity (Wildman–Crippen MR) is 123 cm³/mol. The van der Waals surface area contributed by atoms with Crippen LogP contribution in [0.15, 0.2) is 42.9 Å². The molecule has 0 fully saturated rings. The van der Waals surface area contributed by atoms with E-state index in [1.54, 1.807) is 19.5 Å². The fraction of sp³-hybridized carbons (Fsp3) is 0.261. The highest BCUT2D eigenvalue weighted by Gasteiger charge is 2.15. The van der Waals surface area contributed by atoms with Crippen molar-refractivity contribution in [3.05, 3.63) is 71.2 Å². The fourth-order valence-corrected chi connectivity index (χ4v) is 3.46. The Morgan fingerprint density at radius 1 is 1.12 bits per heavy atom. The van der Waals surface area contributed by atoms with Crippen molar-refractivity contribution in [1.29, 1.82) is 0 Å². The number of amides is 1. The number of nitrogens with one attached hydrogen (secondary N) is 2. The quantitative estimate of drug-likeness (QED) is 0.388. The molecule has 10 nitrogen and oxygen atoms in total. The number of carbonyl (C=O) groups is 1. The molecule has 0 saturated carbocycles. The first-order valence-corrected chi connectivity index (χ1v) is 10.5. The number of nitrogens with zero attached hydrogens (tertiary/aromatic N) is 5. The highest BCUT2D eigenvalue weighted by Crippen LogP contribution is 2.24. The van der Waals surface area contributed by atoms with Gasteiger partial charge in [0.25, 0.3) is 5.91 Å². The summed E-state index contributed by atoms with van der Waals surface area (Å²) in [5, 5.41) is 13.9. The lowest BCUT2D eigenvalue weighted by Gasteiger charge is -2.11. The molecule has 0 aliphatic rings. The Kier molecular flexibility index (Phi) is 6.93. The third-order valence-electron chi connectivity index (χ3n) is 5.21. The molecule has 0 spiro atoms. The van der Waals surface area contributed by atoms with Crippen molar-refractivity contribution in [1.82, 2.24) is 29.9 Å². The number of ether oxygens (including phenoxy) is 2. The molecular weight excluding hydrogens is 441 g/mol. The average Bonchev–Trinajstić information content (AvgIpc) is 3.26. The van der Waals surface area contributed by atoms with Crippen LogP contribution >= 0.6 is 0 Å². The molecule has 3 aromatic heterocycles. The van der Waals surface area contributed by atoms with Gasteiger partial charge in [0.15, 0.2) is 23.0 Å². The van der Waals surface area contributed by atoms with Gasteiger partial charge in [0.2, 0.25) is 5.95 Å². The Balaban J connectivity index is 1.45. The lowest BCUT2D eigenvalue weighted by molar-refractivity contribution is 0.0962. The van der Waals surface area contributed by atoms with E-state index in [2.05, 4.69) is 30.8 Å². The molecule has 34 heavy (non-hydrogen) atoms. The summed E-state index contributed by atoms with van der Waals surface area (Å²) in [7, 11) is 4.49. The van der Waals surface area contributed by atoms with Gasteiger partial charge in [-0.3, -0.25) is 9.20 Å². The Labute approximate surface area is 195 Å². The molecule has 11 heteroatoms. The molecule has 4 rings (SSSR count). The standard InChI is InChI=1S/C23H24FN7O3/c1-25-22(32)16-8-15(21(24)18(9-16)34-3)5-4-14-10-26-23(27-11-14)28-17-6-7-19-29-30-20(13-33-2)31(19)12-17/h6-12H,4-5,13H2,1-3H3,(H,25,32)(H,26,27,28). The van der Waals surface area contributed by atoms with Gasteiger partial charge in [-0.25, -0.2) is 14.4 Å². The van der Waals surface area contributed by atoms with Crippen molar-refractivity contribution in [2.45, 2.75) is 19.4 Å². The van der Waals surface area contributed by atoms with Gasteiger partial charge < -0.3 is 20.1 Å². The minimum Gasteiger partial charge on any atom is -0.494 e. The van der Waals surface area contributed by atoms with Gasteiger partial charge in [0.1, 0.15) is 6.61 Å². The number of benzene rings is 1. The maximum absolute atomic E-state index is 14.7. The van der Waals surface area contributed by atoms with Gasteiger partial charge in [-0.2, -0.15) is 0 Å². The van der Waals surface area contributed by atoms with Crippen molar-refractivity contribution in [2.75, 3.05) is 26.6 Å². The summed E-state index contributed by atoms with van der Waals surface area (Å²) >= 11 is 0. The van der Waals surface area contributed by atoms with Gasteiger partial charge in [-0.1, -0.05) is 0 Å². The van der Waals surface area contributed by atoms with E-state index >= 15 is 0 Å². The summed E-state index contributed by atoms with van der Waals surface area (Å²) in [6.07, 6.45) is 6.05. The number of anilines is 2. The summed E-state index contributed by atoms with van der Waals surface area (Å²) in [5.74, 6) is 0.343. The summed E-state index contributed by atoms with van der Waals surface area (Å²) < 4.78 is 26.7. The van der Waals surface area contributed by atoms with Gasteiger partial charge in [-0.05, 0) is 48.2 Å². The van der Waals surface area contributed by atoms with E-state index < -0.39 is 5.82 Å². The minimum absolute atomic E-state index is 0.0330. The predicted octanol–water partition coefficient (Wildman–Crippen LogP) is 2.70. The second-order valence-corrected chi connectivity index (χ2v) is 7.47. The molecule has 0 radical (unpaired) electrons. The smallest absolute Gasteiger partial charge is 0.251 e. The number of rotatable bonds is 9. The van der Waals surface area contributed by atoms with Crippen molar-refractivity contribution in [3.8, 4) is 5.75 Å². The van der Waals surface area contributed by atoms with Crippen LogP contribution in [0.2, 0.25) is 0 Å². The molecule has 0 aliphatic carbocycles. The van der Waals surface area contributed by atoms with E-state index in [0.717, 1.165) is 11.3 Å². The van der Waals surface area contributed by atoms with Crippen LogP contribution in [-0.4, -0.2) is 51.7 Å². The normalized spacial score (nSPS) is 10.9. The highest BCUT2D eigenvalue weighted by molar-refractivity contribution is 5.94. The summed E-state index contributed by atoms with van der Waals surface area (Å²) in [6, 6.07) is 6.61. The van der Waals surface area contributed by atoms with Gasteiger partial charge >= 0.3 is 0 Å². The molecule has 1 aromatic carbocycles. The monoisotopic (exact) mass is 465 g/mol. The van der Waals surface area contributed by atoms with Crippen LogP contribution in [0.3, 0.4) is 0 Å². The van der Waals surface area contributed by atoms with E-state index in [0.29, 0.717) is 48.0 Å². The lowest BCUT2D eigenvalue weighted by atomic mass is 10.0. The van der Waals surface area contributed by atoms with Crippen LogP contribution in [0.25, 0.3) is 5.65 Å². The molecule has 176 valence electrons. The third kappa shape index (κ3) is 4.94. The van der Waals surface area contributed by atoms with Crippen molar-refractivity contribution in [2.24, 2.45) is 0 Å². The van der Waals surface area contributed by atoms with Crippen molar-refractivity contribution >= 4 is 23.2 Å². The second-order valence-electron chi connectivity index (χ2n) is 7.47. The SMILES string of the molecule is CNC(=O)c1cc(CCc2cnc(Nc3ccc4nnc(COC)n4c3)nc2)c(F)c(OC)c1. The van der Waals surface area contributed by atoms with Crippen LogP contribution in [0.4, 0.5) is 16.0 Å². The largest absolute Gasteiger partial charge is 0.494 e.